The highest BCUT2D eigenvalue weighted by Gasteiger charge is 2.09. The molecule has 3 aromatic rings. The number of hydrogen-bond donors (Lipinski definition) is 0. The summed E-state index contributed by atoms with van der Waals surface area (Å²) in [4.78, 5) is 12.3. The van der Waals surface area contributed by atoms with E-state index in [1.165, 1.54) is 15.7 Å². The van der Waals surface area contributed by atoms with Gasteiger partial charge in [0, 0.05) is 0 Å². The first kappa shape index (κ1) is 8.82. The lowest BCUT2D eigenvalue weighted by atomic mass is 10.3. The topological polar surface area (TPSA) is 47.3 Å². The van der Waals surface area contributed by atoms with Gasteiger partial charge in [-0.15, -0.1) is 10.2 Å². The lowest BCUT2D eigenvalue weighted by Gasteiger charge is -1.92. The van der Waals surface area contributed by atoms with Gasteiger partial charge in [0.25, 0.3) is 5.56 Å². The zero-order valence-electron chi connectivity index (χ0n) is 7.35. The highest BCUT2D eigenvalue weighted by Crippen LogP contribution is 2.22. The van der Waals surface area contributed by atoms with E-state index in [4.69, 9.17) is 11.6 Å². The quantitative estimate of drug-likeness (QED) is 0.601. The highest BCUT2D eigenvalue weighted by atomic mass is 35.5. The van der Waals surface area contributed by atoms with Crippen LogP contribution in [0.5, 0.6) is 0 Å². The van der Waals surface area contributed by atoms with Gasteiger partial charge in [-0.05, 0) is 12.1 Å². The van der Waals surface area contributed by atoms with Gasteiger partial charge in [-0.1, -0.05) is 35.1 Å². The molecular formula is C9H4ClN3OS. The molecule has 0 N–H and O–H groups in total. The lowest BCUT2D eigenvalue weighted by Crippen LogP contribution is -2.15. The predicted octanol–water partition coefficient (Wildman–Crippen LogP) is 1.96. The first-order valence-electron chi connectivity index (χ1n) is 4.20. The molecule has 1 aromatic carbocycles. The average Bonchev–Trinajstić information content (AvgIpc) is 2.62. The van der Waals surface area contributed by atoms with Gasteiger partial charge >= 0.3 is 0 Å². The Kier molecular flexibility index (Phi) is 1.77. The number of thiazole rings is 1. The van der Waals surface area contributed by atoms with Crippen molar-refractivity contribution in [1.29, 1.82) is 0 Å². The van der Waals surface area contributed by atoms with Crippen LogP contribution in [0.25, 0.3) is 15.2 Å². The van der Waals surface area contributed by atoms with Crippen LogP contribution in [0, 0.1) is 0 Å². The van der Waals surface area contributed by atoms with Crippen molar-refractivity contribution in [2.45, 2.75) is 0 Å². The molecule has 3 rings (SSSR count). The Balaban J connectivity index is 2.69. The summed E-state index contributed by atoms with van der Waals surface area (Å²) >= 11 is 7.06. The van der Waals surface area contributed by atoms with E-state index in [1.54, 1.807) is 0 Å². The summed E-state index contributed by atoms with van der Waals surface area (Å²) in [6, 6.07) is 7.58. The highest BCUT2D eigenvalue weighted by molar-refractivity contribution is 7.23. The third-order valence-electron chi connectivity index (χ3n) is 2.10. The van der Waals surface area contributed by atoms with Crippen LogP contribution < -0.4 is 5.56 Å². The SMILES string of the molecule is O=c1c(Cl)nnc2sc3ccccc3n12. The minimum Gasteiger partial charge on any atom is -0.265 e. The Morgan fingerprint density at radius 1 is 1.27 bits per heavy atom. The number of aromatic nitrogens is 3. The van der Waals surface area contributed by atoms with Crippen LogP contribution in [-0.4, -0.2) is 14.6 Å². The van der Waals surface area contributed by atoms with Gasteiger partial charge in [0.2, 0.25) is 10.1 Å². The Labute approximate surface area is 92.8 Å². The van der Waals surface area contributed by atoms with Crippen LogP contribution in [0.4, 0.5) is 0 Å². The van der Waals surface area contributed by atoms with Gasteiger partial charge in [0.05, 0.1) is 10.2 Å². The van der Waals surface area contributed by atoms with Crippen LogP contribution in [0.2, 0.25) is 5.15 Å². The van der Waals surface area contributed by atoms with Gasteiger partial charge in [0.1, 0.15) is 0 Å². The molecule has 2 aromatic heterocycles. The second-order valence-electron chi connectivity index (χ2n) is 2.98. The molecule has 0 saturated heterocycles. The molecule has 4 nitrogen and oxygen atoms in total. The smallest absolute Gasteiger partial charge is 0.265 e. The number of rotatable bonds is 0. The minimum absolute atomic E-state index is 0.101. The van der Waals surface area contributed by atoms with Crippen molar-refractivity contribution in [1.82, 2.24) is 14.6 Å². The normalized spacial score (nSPS) is 11.3. The molecule has 74 valence electrons. The molecule has 0 aliphatic carbocycles. The summed E-state index contributed by atoms with van der Waals surface area (Å²) in [5, 5.41) is 7.37. The van der Waals surface area contributed by atoms with E-state index in [0.717, 1.165) is 10.2 Å². The monoisotopic (exact) mass is 237 g/mol. The molecule has 0 aliphatic heterocycles. The van der Waals surface area contributed by atoms with Crippen LogP contribution in [0.3, 0.4) is 0 Å². The zero-order valence-corrected chi connectivity index (χ0v) is 8.92. The first-order chi connectivity index (χ1) is 7.27. The van der Waals surface area contributed by atoms with Gasteiger partial charge in [0.15, 0.2) is 0 Å². The van der Waals surface area contributed by atoms with Crippen LogP contribution in [0.1, 0.15) is 0 Å². The zero-order chi connectivity index (χ0) is 10.4. The summed E-state index contributed by atoms with van der Waals surface area (Å²) in [7, 11) is 0. The molecule has 6 heteroatoms. The fraction of sp³-hybridized carbons (Fsp3) is 0. The third-order valence-corrected chi connectivity index (χ3v) is 3.35. The first-order valence-corrected chi connectivity index (χ1v) is 5.39. The molecular weight excluding hydrogens is 234 g/mol. The molecule has 0 radical (unpaired) electrons. The van der Waals surface area contributed by atoms with E-state index in [9.17, 15) is 4.79 Å². The van der Waals surface area contributed by atoms with Crippen molar-refractivity contribution < 1.29 is 0 Å². The summed E-state index contributed by atoms with van der Waals surface area (Å²) in [5.41, 5.74) is 0.499. The van der Waals surface area contributed by atoms with Gasteiger partial charge in [-0.2, -0.15) is 0 Å². The predicted molar refractivity (Wildman–Crippen MR) is 59.7 cm³/mol. The summed E-state index contributed by atoms with van der Waals surface area (Å²) < 4.78 is 2.47. The molecule has 0 amide bonds. The molecule has 0 aliphatic rings. The van der Waals surface area contributed by atoms with Crippen molar-refractivity contribution in [2.75, 3.05) is 0 Å². The molecule has 0 bridgehead atoms. The molecule has 0 spiro atoms. The maximum atomic E-state index is 11.7. The second-order valence-corrected chi connectivity index (χ2v) is 4.35. The van der Waals surface area contributed by atoms with Crippen molar-refractivity contribution in [3.8, 4) is 0 Å². The number of para-hydroxylation sites is 1. The Morgan fingerprint density at radius 3 is 2.93 bits per heavy atom. The third kappa shape index (κ3) is 1.17. The van der Waals surface area contributed by atoms with Crippen LogP contribution in [0.15, 0.2) is 29.1 Å². The van der Waals surface area contributed by atoms with Crippen molar-refractivity contribution in [3.05, 3.63) is 39.8 Å². The van der Waals surface area contributed by atoms with Gasteiger partial charge in [-0.3, -0.25) is 4.79 Å². The fourth-order valence-corrected chi connectivity index (χ4v) is 2.54. The Hall–Kier alpha value is -1.46. The van der Waals surface area contributed by atoms with Gasteiger partial charge in [-0.25, -0.2) is 4.40 Å². The van der Waals surface area contributed by atoms with E-state index in [0.29, 0.717) is 4.96 Å². The van der Waals surface area contributed by atoms with E-state index in [2.05, 4.69) is 10.2 Å². The maximum Gasteiger partial charge on any atom is 0.297 e. The van der Waals surface area contributed by atoms with Crippen LogP contribution in [-0.2, 0) is 0 Å². The van der Waals surface area contributed by atoms with E-state index >= 15 is 0 Å². The summed E-state index contributed by atoms with van der Waals surface area (Å²) in [5.74, 6) is 0. The minimum atomic E-state index is -0.320. The lowest BCUT2D eigenvalue weighted by molar-refractivity contribution is 0.972. The molecule has 2 heterocycles. The van der Waals surface area contributed by atoms with Crippen molar-refractivity contribution in [3.63, 3.8) is 0 Å². The largest absolute Gasteiger partial charge is 0.297 e. The van der Waals surface area contributed by atoms with Crippen LogP contribution >= 0.6 is 22.9 Å². The Bertz CT molecular complexity index is 718. The molecule has 0 atom stereocenters. The van der Waals surface area contributed by atoms with E-state index in [1.807, 2.05) is 24.3 Å². The summed E-state index contributed by atoms with van der Waals surface area (Å²) in [6.45, 7) is 0. The van der Waals surface area contributed by atoms with Gasteiger partial charge < -0.3 is 0 Å². The average molecular weight is 238 g/mol. The number of halogens is 1. The number of nitrogens with zero attached hydrogens (tertiary/aromatic N) is 3. The molecule has 0 fully saturated rings. The maximum absolute atomic E-state index is 11.7. The standard InChI is InChI=1S/C9H4ClN3OS/c10-7-8(14)13-5-3-1-2-4-6(5)15-9(13)12-11-7/h1-4H. The number of hydrogen-bond acceptors (Lipinski definition) is 4. The Morgan fingerprint density at radius 2 is 2.07 bits per heavy atom. The van der Waals surface area contributed by atoms with Crippen molar-refractivity contribution in [2.24, 2.45) is 0 Å². The molecule has 0 unspecified atom stereocenters. The number of benzene rings is 1. The number of fused-ring (bicyclic) bond motifs is 3. The van der Waals surface area contributed by atoms with E-state index < -0.39 is 0 Å². The molecule has 0 saturated carbocycles. The summed E-state index contributed by atoms with van der Waals surface area (Å²) in [6.07, 6.45) is 0. The molecule has 15 heavy (non-hydrogen) atoms. The van der Waals surface area contributed by atoms with E-state index in [-0.39, 0.29) is 10.7 Å². The fourth-order valence-electron chi connectivity index (χ4n) is 1.46. The second kappa shape index (κ2) is 3.01. The van der Waals surface area contributed by atoms with Crippen molar-refractivity contribution >= 4 is 38.1 Å².